The van der Waals surface area contributed by atoms with E-state index in [1.54, 1.807) is 7.11 Å². The SMILES string of the molecule is COc1ccc2c(c1)CCC[C@@H]2NC[C@]1(O)CCOC1. The van der Waals surface area contributed by atoms with Crippen molar-refractivity contribution >= 4 is 0 Å². The molecule has 1 aliphatic heterocycles. The summed E-state index contributed by atoms with van der Waals surface area (Å²) < 4.78 is 10.6. The van der Waals surface area contributed by atoms with Gasteiger partial charge >= 0.3 is 0 Å². The molecular formula is C16H23NO3. The molecule has 110 valence electrons. The highest BCUT2D eigenvalue weighted by molar-refractivity contribution is 5.39. The number of benzene rings is 1. The van der Waals surface area contributed by atoms with E-state index < -0.39 is 5.60 Å². The van der Waals surface area contributed by atoms with Gasteiger partial charge in [0.05, 0.1) is 13.7 Å². The maximum Gasteiger partial charge on any atom is 0.119 e. The summed E-state index contributed by atoms with van der Waals surface area (Å²) in [6, 6.07) is 6.64. The summed E-state index contributed by atoms with van der Waals surface area (Å²) in [5.41, 5.74) is 2.02. The minimum Gasteiger partial charge on any atom is -0.497 e. The van der Waals surface area contributed by atoms with Crippen molar-refractivity contribution in [2.24, 2.45) is 0 Å². The first-order chi connectivity index (χ1) is 9.70. The van der Waals surface area contributed by atoms with E-state index >= 15 is 0 Å². The van der Waals surface area contributed by atoms with E-state index in [0.29, 0.717) is 25.8 Å². The van der Waals surface area contributed by atoms with Gasteiger partial charge in [0.25, 0.3) is 0 Å². The molecule has 2 aliphatic rings. The van der Waals surface area contributed by atoms with Crippen molar-refractivity contribution < 1.29 is 14.6 Å². The maximum atomic E-state index is 10.3. The van der Waals surface area contributed by atoms with E-state index in [1.165, 1.54) is 17.5 Å². The van der Waals surface area contributed by atoms with Gasteiger partial charge in [-0.05, 0) is 42.5 Å². The summed E-state index contributed by atoms with van der Waals surface area (Å²) >= 11 is 0. The normalized spacial score (nSPS) is 29.2. The lowest BCUT2D eigenvalue weighted by molar-refractivity contribution is 0.0243. The summed E-state index contributed by atoms with van der Waals surface area (Å²) in [6.07, 6.45) is 4.13. The second kappa shape index (κ2) is 5.72. The van der Waals surface area contributed by atoms with Crippen molar-refractivity contribution in [1.82, 2.24) is 5.32 Å². The molecule has 3 rings (SSSR count). The molecule has 1 aromatic rings. The molecule has 0 spiro atoms. The Bertz CT molecular complexity index is 469. The summed E-state index contributed by atoms with van der Waals surface area (Å²) in [6.45, 7) is 1.71. The third-order valence-electron chi connectivity index (χ3n) is 4.42. The number of hydrogen-bond acceptors (Lipinski definition) is 4. The van der Waals surface area contributed by atoms with Crippen LogP contribution in [0.25, 0.3) is 0 Å². The lowest BCUT2D eigenvalue weighted by Gasteiger charge is -2.30. The first-order valence-electron chi connectivity index (χ1n) is 7.40. The number of nitrogens with one attached hydrogen (secondary N) is 1. The molecule has 4 heteroatoms. The van der Waals surface area contributed by atoms with Gasteiger partial charge in [0.1, 0.15) is 11.4 Å². The van der Waals surface area contributed by atoms with Crippen molar-refractivity contribution in [3.05, 3.63) is 29.3 Å². The Hall–Kier alpha value is -1.10. The van der Waals surface area contributed by atoms with E-state index in [2.05, 4.69) is 17.4 Å². The van der Waals surface area contributed by atoms with Crippen LogP contribution >= 0.6 is 0 Å². The van der Waals surface area contributed by atoms with Gasteiger partial charge in [-0.1, -0.05) is 6.07 Å². The van der Waals surface area contributed by atoms with Crippen LogP contribution in [0.3, 0.4) is 0 Å². The topological polar surface area (TPSA) is 50.7 Å². The molecular weight excluding hydrogens is 254 g/mol. The van der Waals surface area contributed by atoms with E-state index in [4.69, 9.17) is 9.47 Å². The molecule has 1 heterocycles. The molecule has 2 atom stereocenters. The molecule has 0 unspecified atom stereocenters. The average Bonchev–Trinajstić information content (AvgIpc) is 2.91. The smallest absolute Gasteiger partial charge is 0.119 e. The molecule has 0 bridgehead atoms. The zero-order chi connectivity index (χ0) is 14.0. The second-order valence-electron chi connectivity index (χ2n) is 5.92. The predicted octanol–water partition coefficient (Wildman–Crippen LogP) is 1.81. The van der Waals surface area contributed by atoms with E-state index in [-0.39, 0.29) is 0 Å². The highest BCUT2D eigenvalue weighted by Gasteiger charge is 2.33. The van der Waals surface area contributed by atoms with Crippen molar-refractivity contribution in [2.75, 3.05) is 26.9 Å². The zero-order valence-corrected chi connectivity index (χ0v) is 12.0. The monoisotopic (exact) mass is 277 g/mol. The molecule has 0 amide bonds. The number of fused-ring (bicyclic) bond motifs is 1. The van der Waals surface area contributed by atoms with Crippen molar-refractivity contribution in [3.63, 3.8) is 0 Å². The van der Waals surface area contributed by atoms with Crippen LogP contribution in [0.5, 0.6) is 5.75 Å². The summed E-state index contributed by atoms with van der Waals surface area (Å²) in [4.78, 5) is 0. The number of hydrogen-bond donors (Lipinski definition) is 2. The molecule has 20 heavy (non-hydrogen) atoms. The Morgan fingerprint density at radius 2 is 2.40 bits per heavy atom. The molecule has 0 radical (unpaired) electrons. The van der Waals surface area contributed by atoms with Crippen LogP contribution in [-0.4, -0.2) is 37.6 Å². The maximum absolute atomic E-state index is 10.3. The van der Waals surface area contributed by atoms with E-state index in [9.17, 15) is 5.11 Å². The van der Waals surface area contributed by atoms with Gasteiger partial charge in [-0.3, -0.25) is 0 Å². The first kappa shape index (κ1) is 13.9. The van der Waals surface area contributed by atoms with E-state index in [0.717, 1.165) is 25.0 Å². The van der Waals surface area contributed by atoms with Crippen molar-refractivity contribution in [2.45, 2.75) is 37.3 Å². The van der Waals surface area contributed by atoms with Gasteiger partial charge < -0.3 is 19.9 Å². The Morgan fingerprint density at radius 1 is 1.50 bits per heavy atom. The lowest BCUT2D eigenvalue weighted by atomic mass is 9.87. The number of methoxy groups -OCH3 is 1. The zero-order valence-electron chi connectivity index (χ0n) is 12.0. The number of aliphatic hydroxyl groups is 1. The van der Waals surface area contributed by atoms with Gasteiger partial charge in [-0.25, -0.2) is 0 Å². The van der Waals surface area contributed by atoms with E-state index in [1.807, 2.05) is 6.07 Å². The van der Waals surface area contributed by atoms with Crippen LogP contribution in [0.1, 0.15) is 36.4 Å². The van der Waals surface area contributed by atoms with Crippen LogP contribution in [0.15, 0.2) is 18.2 Å². The summed E-state index contributed by atoms with van der Waals surface area (Å²) in [5, 5.41) is 13.9. The van der Waals surface area contributed by atoms with Gasteiger partial charge in [-0.2, -0.15) is 0 Å². The minimum absolute atomic E-state index is 0.328. The second-order valence-corrected chi connectivity index (χ2v) is 5.92. The number of rotatable bonds is 4. The number of ether oxygens (including phenoxy) is 2. The van der Waals surface area contributed by atoms with Gasteiger partial charge in [0.15, 0.2) is 0 Å². The quantitative estimate of drug-likeness (QED) is 0.881. The fourth-order valence-corrected chi connectivity index (χ4v) is 3.18. The molecule has 0 saturated carbocycles. The Balaban J connectivity index is 1.70. The molecule has 1 aromatic carbocycles. The predicted molar refractivity (Wildman–Crippen MR) is 77.1 cm³/mol. The fraction of sp³-hybridized carbons (Fsp3) is 0.625. The first-order valence-corrected chi connectivity index (χ1v) is 7.40. The van der Waals surface area contributed by atoms with Crippen LogP contribution in [-0.2, 0) is 11.2 Å². The number of aryl methyl sites for hydroxylation is 1. The van der Waals surface area contributed by atoms with Crippen LogP contribution in [0.2, 0.25) is 0 Å². The molecule has 4 nitrogen and oxygen atoms in total. The standard InChI is InChI=1S/C16H23NO3/c1-19-13-5-6-14-12(9-13)3-2-4-15(14)17-10-16(18)7-8-20-11-16/h5-6,9,15,17-18H,2-4,7-8,10-11H2,1H3/t15-,16+/m0/s1. The Morgan fingerprint density at radius 3 is 3.15 bits per heavy atom. The molecule has 0 aromatic heterocycles. The highest BCUT2D eigenvalue weighted by Crippen LogP contribution is 2.32. The summed E-state index contributed by atoms with van der Waals surface area (Å²) in [7, 11) is 1.70. The van der Waals surface area contributed by atoms with Gasteiger partial charge in [0.2, 0.25) is 0 Å². The Kier molecular flexibility index (Phi) is 3.96. The van der Waals surface area contributed by atoms with Crippen LogP contribution < -0.4 is 10.1 Å². The van der Waals surface area contributed by atoms with Crippen LogP contribution in [0, 0.1) is 0 Å². The minimum atomic E-state index is -0.690. The molecule has 1 aliphatic carbocycles. The third-order valence-corrected chi connectivity index (χ3v) is 4.42. The largest absolute Gasteiger partial charge is 0.497 e. The lowest BCUT2D eigenvalue weighted by Crippen LogP contribution is -2.43. The summed E-state index contributed by atoms with van der Waals surface area (Å²) in [5.74, 6) is 0.923. The highest BCUT2D eigenvalue weighted by atomic mass is 16.5. The fourth-order valence-electron chi connectivity index (χ4n) is 3.18. The van der Waals surface area contributed by atoms with Gasteiger partial charge in [0, 0.05) is 25.6 Å². The van der Waals surface area contributed by atoms with Gasteiger partial charge in [-0.15, -0.1) is 0 Å². The third kappa shape index (κ3) is 2.82. The molecule has 1 saturated heterocycles. The van der Waals surface area contributed by atoms with Crippen molar-refractivity contribution in [1.29, 1.82) is 0 Å². The molecule has 2 N–H and O–H groups in total. The van der Waals surface area contributed by atoms with Crippen molar-refractivity contribution in [3.8, 4) is 5.75 Å². The average molecular weight is 277 g/mol. The molecule has 1 fully saturated rings. The van der Waals surface area contributed by atoms with Crippen LogP contribution in [0.4, 0.5) is 0 Å². The Labute approximate surface area is 120 Å².